The molecule has 0 aliphatic carbocycles. The van der Waals surface area contributed by atoms with E-state index < -0.39 is 0 Å². The van der Waals surface area contributed by atoms with E-state index in [9.17, 15) is 4.79 Å². The first-order chi connectivity index (χ1) is 8.04. The summed E-state index contributed by atoms with van der Waals surface area (Å²) in [5.74, 6) is 0.828. The molecule has 0 saturated heterocycles. The molecule has 1 rings (SSSR count). The van der Waals surface area contributed by atoms with Crippen molar-refractivity contribution in [2.45, 2.75) is 20.3 Å². The van der Waals surface area contributed by atoms with Crippen LogP contribution in [0, 0.1) is 6.92 Å². The van der Waals surface area contributed by atoms with E-state index in [2.05, 4.69) is 26.2 Å². The van der Waals surface area contributed by atoms with Crippen molar-refractivity contribution in [1.82, 2.24) is 10.3 Å². The van der Waals surface area contributed by atoms with Gasteiger partial charge in [0.1, 0.15) is 5.82 Å². The summed E-state index contributed by atoms with van der Waals surface area (Å²) < 4.78 is 0.977. The van der Waals surface area contributed by atoms with Crippen LogP contribution in [-0.2, 0) is 4.79 Å². The fraction of sp³-hybridized carbons (Fsp3) is 0.500. The van der Waals surface area contributed by atoms with Crippen molar-refractivity contribution >= 4 is 27.7 Å². The second kappa shape index (κ2) is 6.59. The van der Waals surface area contributed by atoms with Gasteiger partial charge in [-0.25, -0.2) is 4.98 Å². The van der Waals surface area contributed by atoms with Crippen molar-refractivity contribution in [1.29, 1.82) is 0 Å². The van der Waals surface area contributed by atoms with Crippen LogP contribution in [0.1, 0.15) is 18.9 Å². The number of rotatable bonds is 5. The lowest BCUT2D eigenvalue weighted by atomic mass is 10.3. The van der Waals surface area contributed by atoms with Crippen LogP contribution in [0.25, 0.3) is 0 Å². The zero-order valence-electron chi connectivity index (χ0n) is 10.5. The molecule has 5 heteroatoms. The molecule has 0 saturated carbocycles. The number of likely N-dealkylation sites (N-methyl/N-ethyl adjacent to an activating group) is 1. The topological polar surface area (TPSA) is 45.2 Å². The van der Waals surface area contributed by atoms with Gasteiger partial charge in [-0.1, -0.05) is 6.92 Å². The Kier molecular flexibility index (Phi) is 5.41. The SMILES string of the molecule is CCCNC(=O)CN(C)c1cc(C)c(Br)cn1. The van der Waals surface area contributed by atoms with Crippen LogP contribution < -0.4 is 10.2 Å². The molecule has 0 radical (unpaired) electrons. The van der Waals surface area contributed by atoms with Crippen LogP contribution in [0.2, 0.25) is 0 Å². The number of amides is 1. The minimum absolute atomic E-state index is 0.0247. The zero-order chi connectivity index (χ0) is 12.8. The van der Waals surface area contributed by atoms with E-state index in [-0.39, 0.29) is 5.91 Å². The smallest absolute Gasteiger partial charge is 0.239 e. The lowest BCUT2D eigenvalue weighted by Crippen LogP contribution is -2.35. The van der Waals surface area contributed by atoms with Crippen molar-refractivity contribution in [2.24, 2.45) is 0 Å². The van der Waals surface area contributed by atoms with Gasteiger partial charge in [-0.05, 0) is 40.9 Å². The quantitative estimate of drug-likeness (QED) is 0.906. The number of nitrogens with zero attached hydrogens (tertiary/aromatic N) is 2. The first-order valence-electron chi connectivity index (χ1n) is 5.64. The molecule has 0 aliphatic rings. The number of hydrogen-bond donors (Lipinski definition) is 1. The molecule has 0 fully saturated rings. The van der Waals surface area contributed by atoms with E-state index in [1.54, 1.807) is 6.20 Å². The number of carbonyl (C=O) groups is 1. The fourth-order valence-electron chi connectivity index (χ4n) is 1.35. The van der Waals surface area contributed by atoms with Crippen LogP contribution in [0.15, 0.2) is 16.7 Å². The van der Waals surface area contributed by atoms with E-state index in [1.165, 1.54) is 0 Å². The van der Waals surface area contributed by atoms with Gasteiger partial charge in [-0.15, -0.1) is 0 Å². The van der Waals surface area contributed by atoms with E-state index in [1.807, 2.05) is 31.9 Å². The number of hydrogen-bond acceptors (Lipinski definition) is 3. The van der Waals surface area contributed by atoms with Crippen molar-refractivity contribution in [3.63, 3.8) is 0 Å². The summed E-state index contributed by atoms with van der Waals surface area (Å²) in [4.78, 5) is 17.7. The molecule has 4 nitrogen and oxygen atoms in total. The molecule has 1 amide bonds. The number of carbonyl (C=O) groups excluding carboxylic acids is 1. The van der Waals surface area contributed by atoms with Gasteiger partial charge < -0.3 is 10.2 Å². The largest absolute Gasteiger partial charge is 0.355 e. The summed E-state index contributed by atoms with van der Waals surface area (Å²) in [6, 6.07) is 1.96. The summed E-state index contributed by atoms with van der Waals surface area (Å²) in [7, 11) is 1.86. The summed E-state index contributed by atoms with van der Waals surface area (Å²) in [5, 5.41) is 2.84. The number of aromatic nitrogens is 1. The molecule has 0 spiro atoms. The van der Waals surface area contributed by atoms with Crippen LogP contribution in [0.4, 0.5) is 5.82 Å². The number of halogens is 1. The highest BCUT2D eigenvalue weighted by Gasteiger charge is 2.08. The number of nitrogens with one attached hydrogen (secondary N) is 1. The maximum absolute atomic E-state index is 11.5. The lowest BCUT2D eigenvalue weighted by Gasteiger charge is -2.18. The second-order valence-electron chi connectivity index (χ2n) is 4.00. The Morgan fingerprint density at radius 3 is 2.88 bits per heavy atom. The first-order valence-corrected chi connectivity index (χ1v) is 6.44. The number of aryl methyl sites for hydroxylation is 1. The molecule has 1 aromatic rings. The molecule has 0 unspecified atom stereocenters. The molecular weight excluding hydrogens is 282 g/mol. The molecule has 0 atom stereocenters. The monoisotopic (exact) mass is 299 g/mol. The summed E-state index contributed by atoms with van der Waals surface area (Å²) in [5.41, 5.74) is 1.11. The highest BCUT2D eigenvalue weighted by atomic mass is 79.9. The second-order valence-corrected chi connectivity index (χ2v) is 4.85. The van der Waals surface area contributed by atoms with E-state index in [0.717, 1.165) is 28.8 Å². The lowest BCUT2D eigenvalue weighted by molar-refractivity contribution is -0.119. The van der Waals surface area contributed by atoms with Crippen LogP contribution in [-0.4, -0.2) is 31.0 Å². The highest BCUT2D eigenvalue weighted by molar-refractivity contribution is 9.10. The maximum Gasteiger partial charge on any atom is 0.239 e. The maximum atomic E-state index is 11.5. The van der Waals surface area contributed by atoms with Crippen LogP contribution in [0.3, 0.4) is 0 Å². The summed E-state index contributed by atoms with van der Waals surface area (Å²) >= 11 is 3.40. The molecule has 1 heterocycles. The average molecular weight is 300 g/mol. The van der Waals surface area contributed by atoms with Gasteiger partial charge in [0.15, 0.2) is 0 Å². The van der Waals surface area contributed by atoms with Gasteiger partial charge in [0.25, 0.3) is 0 Å². The minimum Gasteiger partial charge on any atom is -0.355 e. The summed E-state index contributed by atoms with van der Waals surface area (Å²) in [6.07, 6.45) is 2.70. The van der Waals surface area contributed by atoms with Crippen molar-refractivity contribution in [3.05, 3.63) is 22.3 Å². The normalized spacial score (nSPS) is 10.1. The zero-order valence-corrected chi connectivity index (χ0v) is 12.0. The van der Waals surface area contributed by atoms with E-state index >= 15 is 0 Å². The van der Waals surface area contributed by atoms with Gasteiger partial charge in [0.2, 0.25) is 5.91 Å². The predicted octanol–water partition coefficient (Wildman–Crippen LogP) is 2.11. The number of pyridine rings is 1. The highest BCUT2D eigenvalue weighted by Crippen LogP contribution is 2.18. The third kappa shape index (κ3) is 4.34. The van der Waals surface area contributed by atoms with Gasteiger partial charge in [-0.2, -0.15) is 0 Å². The third-order valence-corrected chi connectivity index (χ3v) is 3.21. The fourth-order valence-corrected chi connectivity index (χ4v) is 1.57. The Hall–Kier alpha value is -1.10. The van der Waals surface area contributed by atoms with Gasteiger partial charge in [0.05, 0.1) is 6.54 Å². The van der Waals surface area contributed by atoms with Gasteiger partial charge in [-0.3, -0.25) is 4.79 Å². The molecule has 94 valence electrons. The molecule has 0 aromatic carbocycles. The Bertz CT molecular complexity index is 395. The Morgan fingerprint density at radius 1 is 1.59 bits per heavy atom. The minimum atomic E-state index is 0.0247. The Balaban J connectivity index is 2.60. The van der Waals surface area contributed by atoms with Gasteiger partial charge in [0, 0.05) is 24.3 Å². The van der Waals surface area contributed by atoms with Gasteiger partial charge >= 0.3 is 0 Å². The van der Waals surface area contributed by atoms with E-state index in [4.69, 9.17) is 0 Å². The average Bonchev–Trinajstić information content (AvgIpc) is 2.30. The van der Waals surface area contributed by atoms with Crippen molar-refractivity contribution in [3.8, 4) is 0 Å². The molecule has 0 aliphatic heterocycles. The van der Waals surface area contributed by atoms with Crippen LogP contribution >= 0.6 is 15.9 Å². The molecule has 17 heavy (non-hydrogen) atoms. The Morgan fingerprint density at radius 2 is 2.29 bits per heavy atom. The predicted molar refractivity (Wildman–Crippen MR) is 73.2 cm³/mol. The summed E-state index contributed by atoms with van der Waals surface area (Å²) in [6.45, 7) is 5.08. The van der Waals surface area contributed by atoms with Crippen LogP contribution in [0.5, 0.6) is 0 Å². The molecular formula is C12H18BrN3O. The Labute approximate surface area is 111 Å². The number of anilines is 1. The third-order valence-electron chi connectivity index (χ3n) is 2.38. The standard InChI is InChI=1S/C12H18BrN3O/c1-4-5-14-12(17)8-16(3)11-6-9(2)10(13)7-15-11/h6-7H,4-5,8H2,1-3H3,(H,14,17). The molecule has 1 aromatic heterocycles. The molecule has 1 N–H and O–H groups in total. The van der Waals surface area contributed by atoms with Crippen molar-refractivity contribution < 1.29 is 4.79 Å². The molecule has 0 bridgehead atoms. The van der Waals surface area contributed by atoms with E-state index in [0.29, 0.717) is 6.54 Å². The first kappa shape index (κ1) is 14.0. The van der Waals surface area contributed by atoms with Crippen molar-refractivity contribution in [2.75, 3.05) is 25.0 Å².